The van der Waals surface area contributed by atoms with E-state index < -0.39 is 0 Å². The zero-order valence-electron chi connectivity index (χ0n) is 15.2. The molecule has 3 rings (SSSR count). The highest BCUT2D eigenvalue weighted by atomic mass is 32.1. The van der Waals surface area contributed by atoms with E-state index in [1.807, 2.05) is 36.4 Å². The van der Waals surface area contributed by atoms with Crippen molar-refractivity contribution in [2.45, 2.75) is 19.8 Å². The Kier molecular flexibility index (Phi) is 6.44. The van der Waals surface area contributed by atoms with Crippen LogP contribution in [0.15, 0.2) is 54.2 Å². The lowest BCUT2D eigenvalue weighted by Crippen LogP contribution is -2.21. The van der Waals surface area contributed by atoms with Crippen LogP contribution in [0.5, 0.6) is 11.5 Å². The van der Waals surface area contributed by atoms with E-state index in [2.05, 4.69) is 29.7 Å². The van der Waals surface area contributed by atoms with Gasteiger partial charge in [-0.25, -0.2) is 0 Å². The van der Waals surface area contributed by atoms with E-state index in [0.717, 1.165) is 29.9 Å². The number of amides is 1. The largest absolute Gasteiger partial charge is 0.493 e. The molecule has 140 valence electrons. The molecule has 6 heteroatoms. The van der Waals surface area contributed by atoms with Crippen LogP contribution >= 0.6 is 12.2 Å². The minimum absolute atomic E-state index is 0.226. The fraction of sp³-hybridized carbons (Fsp3) is 0.238. The highest BCUT2D eigenvalue weighted by molar-refractivity contribution is 7.80. The van der Waals surface area contributed by atoms with Crippen molar-refractivity contribution in [3.8, 4) is 11.5 Å². The first-order valence-electron chi connectivity index (χ1n) is 8.92. The molecule has 1 aliphatic heterocycles. The number of hydrogen-bond acceptors (Lipinski definition) is 4. The van der Waals surface area contributed by atoms with Crippen molar-refractivity contribution >= 4 is 29.3 Å². The Bertz CT molecular complexity index is 847. The Labute approximate surface area is 164 Å². The van der Waals surface area contributed by atoms with E-state index in [4.69, 9.17) is 21.7 Å². The quantitative estimate of drug-likeness (QED) is 0.416. The van der Waals surface area contributed by atoms with Crippen LogP contribution in [0.2, 0.25) is 0 Å². The van der Waals surface area contributed by atoms with Crippen molar-refractivity contribution in [1.29, 1.82) is 0 Å². The highest BCUT2D eigenvalue weighted by Gasteiger charge is 2.19. The molecule has 1 amide bonds. The summed E-state index contributed by atoms with van der Waals surface area (Å²) in [6, 6.07) is 15.7. The predicted molar refractivity (Wildman–Crippen MR) is 110 cm³/mol. The lowest BCUT2D eigenvalue weighted by molar-refractivity contribution is -0.115. The van der Waals surface area contributed by atoms with Crippen molar-refractivity contribution in [3.63, 3.8) is 0 Å². The topological polar surface area (TPSA) is 59.6 Å². The van der Waals surface area contributed by atoms with E-state index in [-0.39, 0.29) is 5.91 Å². The highest BCUT2D eigenvalue weighted by Crippen LogP contribution is 2.17. The number of aryl methyl sites for hydroxylation is 1. The number of nitrogens with one attached hydrogen (secondary N) is 2. The second-order valence-corrected chi connectivity index (χ2v) is 6.49. The zero-order valence-corrected chi connectivity index (χ0v) is 16.0. The van der Waals surface area contributed by atoms with Gasteiger partial charge in [0.15, 0.2) is 5.11 Å². The summed E-state index contributed by atoms with van der Waals surface area (Å²) in [5.74, 6) is 1.40. The van der Waals surface area contributed by atoms with Crippen LogP contribution in [0, 0.1) is 0 Å². The summed E-state index contributed by atoms with van der Waals surface area (Å²) < 4.78 is 11.5. The maximum Gasteiger partial charge on any atom is 0.273 e. The fourth-order valence-corrected chi connectivity index (χ4v) is 2.81. The molecule has 1 saturated heterocycles. The minimum Gasteiger partial charge on any atom is -0.493 e. The number of benzene rings is 2. The molecular formula is C21H22N2O3S. The van der Waals surface area contributed by atoms with Gasteiger partial charge in [0.25, 0.3) is 5.91 Å². The zero-order chi connectivity index (χ0) is 19.1. The second-order valence-electron chi connectivity index (χ2n) is 6.09. The molecule has 0 spiro atoms. The average molecular weight is 382 g/mol. The Hall–Kier alpha value is -2.86. The molecule has 2 aromatic rings. The van der Waals surface area contributed by atoms with E-state index in [1.165, 1.54) is 5.56 Å². The number of thiocarbonyl (C=S) groups is 1. The van der Waals surface area contributed by atoms with E-state index in [9.17, 15) is 4.79 Å². The summed E-state index contributed by atoms with van der Waals surface area (Å²) in [6.07, 6.45) is 3.54. The van der Waals surface area contributed by atoms with Gasteiger partial charge in [-0.3, -0.25) is 10.1 Å². The molecule has 0 radical (unpaired) electrons. The van der Waals surface area contributed by atoms with E-state index in [0.29, 0.717) is 24.0 Å². The average Bonchev–Trinajstić information content (AvgIpc) is 2.99. The smallest absolute Gasteiger partial charge is 0.273 e. The van der Waals surface area contributed by atoms with E-state index in [1.54, 1.807) is 6.08 Å². The molecule has 2 N–H and O–H groups in total. The Balaban J connectivity index is 1.45. The molecule has 0 bridgehead atoms. The van der Waals surface area contributed by atoms with Crippen LogP contribution in [0.4, 0.5) is 0 Å². The molecule has 0 unspecified atom stereocenters. The van der Waals surface area contributed by atoms with Crippen LogP contribution in [-0.4, -0.2) is 24.2 Å². The van der Waals surface area contributed by atoms with Gasteiger partial charge in [-0.2, -0.15) is 0 Å². The lowest BCUT2D eigenvalue weighted by Gasteiger charge is -2.09. The van der Waals surface area contributed by atoms with Gasteiger partial charge in [0.2, 0.25) is 0 Å². The van der Waals surface area contributed by atoms with Gasteiger partial charge in [0.05, 0.1) is 13.2 Å². The first kappa shape index (κ1) is 18.9. The molecular weight excluding hydrogens is 360 g/mol. The van der Waals surface area contributed by atoms with Crippen LogP contribution < -0.4 is 20.1 Å². The molecule has 0 saturated carbocycles. The summed E-state index contributed by atoms with van der Waals surface area (Å²) >= 11 is 4.92. The molecule has 27 heavy (non-hydrogen) atoms. The van der Waals surface area contributed by atoms with Gasteiger partial charge in [0.1, 0.15) is 17.2 Å². The Morgan fingerprint density at radius 1 is 1.00 bits per heavy atom. The summed E-state index contributed by atoms with van der Waals surface area (Å²) in [5.41, 5.74) is 2.59. The van der Waals surface area contributed by atoms with Gasteiger partial charge in [0, 0.05) is 6.42 Å². The summed E-state index contributed by atoms with van der Waals surface area (Å²) in [6.45, 7) is 3.28. The monoisotopic (exact) mass is 382 g/mol. The third-order valence-corrected chi connectivity index (χ3v) is 4.25. The molecule has 1 heterocycles. The van der Waals surface area contributed by atoms with Gasteiger partial charge in [-0.15, -0.1) is 0 Å². The van der Waals surface area contributed by atoms with Crippen molar-refractivity contribution in [2.75, 3.05) is 13.2 Å². The minimum atomic E-state index is -0.226. The fourth-order valence-electron chi connectivity index (χ4n) is 2.60. The number of rotatable bonds is 8. The van der Waals surface area contributed by atoms with Gasteiger partial charge >= 0.3 is 0 Å². The van der Waals surface area contributed by atoms with E-state index >= 15 is 0 Å². The Morgan fingerprint density at radius 3 is 2.41 bits per heavy atom. The number of carbonyl (C=O) groups excluding carboxylic acids is 1. The molecule has 0 aromatic heterocycles. The van der Waals surface area contributed by atoms with Crippen molar-refractivity contribution in [1.82, 2.24) is 10.6 Å². The normalized spacial score (nSPS) is 14.8. The maximum atomic E-state index is 11.7. The van der Waals surface area contributed by atoms with Crippen LogP contribution in [0.25, 0.3) is 6.08 Å². The summed E-state index contributed by atoms with van der Waals surface area (Å²) in [4.78, 5) is 11.7. The standard InChI is InChI=1S/C21H22N2O3S/c1-2-15-7-9-17(10-8-15)25-11-4-12-26-18-6-3-5-16(13-18)14-19-20(24)23-21(27)22-19/h3,5-10,13-14H,2,4,11-12H2,1H3,(H2,22,23,24,27). The maximum absolute atomic E-state index is 11.7. The van der Waals surface area contributed by atoms with Gasteiger partial charge < -0.3 is 14.8 Å². The van der Waals surface area contributed by atoms with Crippen LogP contribution in [0.1, 0.15) is 24.5 Å². The molecule has 1 fully saturated rings. The molecule has 0 aliphatic carbocycles. The molecule has 2 aromatic carbocycles. The first-order valence-corrected chi connectivity index (χ1v) is 9.33. The van der Waals surface area contributed by atoms with Crippen LogP contribution in [0.3, 0.4) is 0 Å². The third-order valence-electron chi connectivity index (χ3n) is 4.05. The number of hydrogen-bond donors (Lipinski definition) is 2. The van der Waals surface area contributed by atoms with Crippen LogP contribution in [-0.2, 0) is 11.2 Å². The van der Waals surface area contributed by atoms with Crippen molar-refractivity contribution < 1.29 is 14.3 Å². The lowest BCUT2D eigenvalue weighted by atomic mass is 10.2. The number of carbonyl (C=O) groups is 1. The second kappa shape index (κ2) is 9.19. The molecule has 1 aliphatic rings. The summed E-state index contributed by atoms with van der Waals surface area (Å²) in [5, 5.41) is 5.69. The molecule has 0 atom stereocenters. The predicted octanol–water partition coefficient (Wildman–Crippen LogP) is 3.44. The van der Waals surface area contributed by atoms with Crippen molar-refractivity contribution in [2.24, 2.45) is 0 Å². The SMILES string of the molecule is CCc1ccc(OCCCOc2cccc(C=C3NC(=S)NC3=O)c2)cc1. The Morgan fingerprint density at radius 2 is 1.74 bits per heavy atom. The van der Waals surface area contributed by atoms with Gasteiger partial charge in [-0.1, -0.05) is 31.2 Å². The molecule has 5 nitrogen and oxygen atoms in total. The third kappa shape index (κ3) is 5.56. The summed E-state index contributed by atoms with van der Waals surface area (Å²) in [7, 11) is 0. The first-order chi connectivity index (χ1) is 13.1. The van der Waals surface area contributed by atoms with Crippen molar-refractivity contribution in [3.05, 3.63) is 65.4 Å². The number of ether oxygens (including phenoxy) is 2. The van der Waals surface area contributed by atoms with Gasteiger partial charge in [-0.05, 0) is 60.1 Å².